The molecule has 168 valence electrons. The van der Waals surface area contributed by atoms with Gasteiger partial charge in [-0.3, -0.25) is 14.2 Å². The topological polar surface area (TPSA) is 73.2 Å². The fraction of sp³-hybridized carbons (Fsp3) is 0.125. The summed E-state index contributed by atoms with van der Waals surface area (Å²) in [6.07, 6.45) is 0. The van der Waals surface area contributed by atoms with E-state index < -0.39 is 17.5 Å². The molecule has 1 aromatic heterocycles. The van der Waals surface area contributed by atoms with Crippen LogP contribution in [0.1, 0.15) is 5.56 Å². The molecule has 4 rings (SSSR count). The molecule has 0 spiro atoms. The molecule has 33 heavy (non-hydrogen) atoms. The number of aryl methyl sites for hydroxylation is 1. The SMILES string of the molecule is COc1ccc(C)cc1-n1c(SCC(=O)Nc2cc(F)ccc2F)nc2ccccc2c1=O. The predicted octanol–water partition coefficient (Wildman–Crippen LogP) is 4.71. The zero-order valence-corrected chi connectivity index (χ0v) is 18.6. The third kappa shape index (κ3) is 4.73. The minimum absolute atomic E-state index is 0.186. The molecule has 3 aromatic carbocycles. The van der Waals surface area contributed by atoms with Gasteiger partial charge in [0.15, 0.2) is 5.16 Å². The summed E-state index contributed by atoms with van der Waals surface area (Å²) in [5, 5.41) is 3.02. The summed E-state index contributed by atoms with van der Waals surface area (Å²) in [6, 6.07) is 15.1. The van der Waals surface area contributed by atoms with Gasteiger partial charge in [-0.05, 0) is 48.9 Å². The van der Waals surface area contributed by atoms with Crippen molar-refractivity contribution in [1.82, 2.24) is 9.55 Å². The maximum absolute atomic E-state index is 13.9. The predicted molar refractivity (Wildman–Crippen MR) is 124 cm³/mol. The van der Waals surface area contributed by atoms with Gasteiger partial charge < -0.3 is 10.1 Å². The van der Waals surface area contributed by atoms with Crippen molar-refractivity contribution >= 4 is 34.3 Å². The van der Waals surface area contributed by atoms with Crippen LogP contribution in [0.2, 0.25) is 0 Å². The van der Waals surface area contributed by atoms with Crippen molar-refractivity contribution in [2.24, 2.45) is 0 Å². The lowest BCUT2D eigenvalue weighted by Gasteiger charge is -2.16. The van der Waals surface area contributed by atoms with Crippen molar-refractivity contribution in [2.45, 2.75) is 12.1 Å². The average molecular weight is 467 g/mol. The third-order valence-electron chi connectivity index (χ3n) is 4.86. The van der Waals surface area contributed by atoms with Crippen LogP contribution in [0.5, 0.6) is 5.75 Å². The van der Waals surface area contributed by atoms with E-state index in [9.17, 15) is 18.4 Å². The lowest BCUT2D eigenvalue weighted by atomic mass is 10.2. The van der Waals surface area contributed by atoms with Crippen LogP contribution in [0.15, 0.2) is 70.6 Å². The van der Waals surface area contributed by atoms with Crippen molar-refractivity contribution in [1.29, 1.82) is 0 Å². The van der Waals surface area contributed by atoms with Gasteiger partial charge in [0.05, 0.1) is 35.1 Å². The van der Waals surface area contributed by atoms with Crippen LogP contribution in [0, 0.1) is 18.6 Å². The third-order valence-corrected chi connectivity index (χ3v) is 5.79. The number of rotatable bonds is 6. The Balaban J connectivity index is 1.73. The first-order chi connectivity index (χ1) is 15.9. The Hall–Kier alpha value is -3.72. The monoisotopic (exact) mass is 467 g/mol. The normalized spacial score (nSPS) is 10.9. The van der Waals surface area contributed by atoms with Crippen LogP contribution < -0.4 is 15.6 Å². The van der Waals surface area contributed by atoms with E-state index in [1.54, 1.807) is 36.4 Å². The summed E-state index contributed by atoms with van der Waals surface area (Å²) in [5.41, 5.74) is 1.29. The molecule has 0 aliphatic carbocycles. The summed E-state index contributed by atoms with van der Waals surface area (Å²) >= 11 is 1.00. The minimum Gasteiger partial charge on any atom is -0.495 e. The molecule has 9 heteroatoms. The first kappa shape index (κ1) is 22.5. The first-order valence-corrected chi connectivity index (χ1v) is 10.9. The molecular formula is C24H19F2N3O3S. The smallest absolute Gasteiger partial charge is 0.266 e. The number of halogens is 2. The molecule has 0 aliphatic rings. The number of amides is 1. The highest BCUT2D eigenvalue weighted by Crippen LogP contribution is 2.28. The number of ether oxygens (including phenoxy) is 1. The van der Waals surface area contributed by atoms with Crippen molar-refractivity contribution in [3.63, 3.8) is 0 Å². The second-order valence-electron chi connectivity index (χ2n) is 7.19. The Morgan fingerprint density at radius 3 is 2.70 bits per heavy atom. The maximum Gasteiger partial charge on any atom is 0.266 e. The van der Waals surface area contributed by atoms with Gasteiger partial charge in [-0.15, -0.1) is 0 Å². The average Bonchev–Trinajstić information content (AvgIpc) is 2.80. The molecule has 0 bridgehead atoms. The van der Waals surface area contributed by atoms with Crippen molar-refractivity contribution < 1.29 is 18.3 Å². The number of nitrogens with zero attached hydrogens (tertiary/aromatic N) is 2. The number of carbonyl (C=O) groups excluding carboxylic acids is 1. The molecule has 0 unspecified atom stereocenters. The fourth-order valence-electron chi connectivity index (χ4n) is 3.31. The first-order valence-electron chi connectivity index (χ1n) is 9.92. The second kappa shape index (κ2) is 9.41. The Morgan fingerprint density at radius 1 is 1.12 bits per heavy atom. The molecule has 0 fully saturated rings. The van der Waals surface area contributed by atoms with E-state index in [0.717, 1.165) is 35.5 Å². The molecule has 0 saturated carbocycles. The van der Waals surface area contributed by atoms with Crippen LogP contribution in [-0.2, 0) is 4.79 Å². The summed E-state index contributed by atoms with van der Waals surface area (Å²) in [6.45, 7) is 1.89. The number of carbonyl (C=O) groups is 1. The van der Waals surface area contributed by atoms with Crippen molar-refractivity contribution in [2.75, 3.05) is 18.2 Å². The lowest BCUT2D eigenvalue weighted by Crippen LogP contribution is -2.23. The highest BCUT2D eigenvalue weighted by Gasteiger charge is 2.18. The van der Waals surface area contributed by atoms with E-state index in [1.165, 1.54) is 11.7 Å². The van der Waals surface area contributed by atoms with Gasteiger partial charge in [-0.2, -0.15) is 0 Å². The number of hydrogen-bond donors (Lipinski definition) is 1. The molecular weight excluding hydrogens is 448 g/mol. The van der Waals surface area contributed by atoms with E-state index >= 15 is 0 Å². The maximum atomic E-state index is 13.9. The zero-order chi connectivity index (χ0) is 23.5. The van der Waals surface area contributed by atoms with E-state index in [2.05, 4.69) is 10.3 Å². The Morgan fingerprint density at radius 2 is 1.91 bits per heavy atom. The fourth-order valence-corrected chi connectivity index (χ4v) is 4.11. The summed E-state index contributed by atoms with van der Waals surface area (Å²) < 4.78 is 34.1. The van der Waals surface area contributed by atoms with Crippen molar-refractivity contribution in [3.05, 3.63) is 88.2 Å². The van der Waals surface area contributed by atoms with Crippen LogP contribution in [0.4, 0.5) is 14.5 Å². The molecule has 0 aliphatic heterocycles. The molecule has 0 atom stereocenters. The molecule has 0 radical (unpaired) electrons. The molecule has 6 nitrogen and oxygen atoms in total. The van der Waals surface area contributed by atoms with E-state index in [1.807, 2.05) is 13.0 Å². The van der Waals surface area contributed by atoms with Crippen LogP contribution in [0.3, 0.4) is 0 Å². The number of benzene rings is 3. The molecule has 1 amide bonds. The number of para-hydroxylation sites is 1. The van der Waals surface area contributed by atoms with Gasteiger partial charge >= 0.3 is 0 Å². The van der Waals surface area contributed by atoms with Gasteiger partial charge in [0.1, 0.15) is 17.4 Å². The molecule has 4 aromatic rings. The number of fused-ring (bicyclic) bond motifs is 1. The Labute approximate surface area is 192 Å². The number of aromatic nitrogens is 2. The van der Waals surface area contributed by atoms with E-state index in [4.69, 9.17) is 4.74 Å². The standard InChI is InChI=1S/C24H19F2N3O3S/c1-14-7-10-21(32-2)20(11-14)29-23(31)16-5-3-4-6-18(16)28-24(29)33-13-22(30)27-19-12-15(25)8-9-17(19)26/h3-12H,13H2,1-2H3,(H,27,30). The van der Waals surface area contributed by atoms with Gasteiger partial charge in [-0.1, -0.05) is 30.0 Å². The van der Waals surface area contributed by atoms with Crippen LogP contribution in [0.25, 0.3) is 16.6 Å². The molecule has 0 saturated heterocycles. The number of hydrogen-bond acceptors (Lipinski definition) is 5. The number of thioether (sulfide) groups is 1. The molecule has 1 N–H and O–H groups in total. The minimum atomic E-state index is -0.750. The van der Waals surface area contributed by atoms with Crippen LogP contribution >= 0.6 is 11.8 Å². The summed E-state index contributed by atoms with van der Waals surface area (Å²) in [5.74, 6) is -1.71. The van der Waals surface area contributed by atoms with Crippen molar-refractivity contribution in [3.8, 4) is 11.4 Å². The summed E-state index contributed by atoms with van der Waals surface area (Å²) in [7, 11) is 1.50. The number of anilines is 1. The Bertz CT molecular complexity index is 1420. The zero-order valence-electron chi connectivity index (χ0n) is 17.8. The van der Waals surface area contributed by atoms with Gasteiger partial charge in [0.25, 0.3) is 5.56 Å². The van der Waals surface area contributed by atoms with Gasteiger partial charge in [0, 0.05) is 6.07 Å². The molecule has 1 heterocycles. The number of methoxy groups -OCH3 is 1. The summed E-state index contributed by atoms with van der Waals surface area (Å²) in [4.78, 5) is 30.5. The quantitative estimate of drug-likeness (QED) is 0.328. The van der Waals surface area contributed by atoms with Gasteiger partial charge in [0.2, 0.25) is 5.91 Å². The second-order valence-corrected chi connectivity index (χ2v) is 8.13. The largest absolute Gasteiger partial charge is 0.495 e. The van der Waals surface area contributed by atoms with E-state index in [0.29, 0.717) is 22.3 Å². The lowest BCUT2D eigenvalue weighted by molar-refractivity contribution is -0.113. The highest BCUT2D eigenvalue weighted by atomic mass is 32.2. The van der Waals surface area contributed by atoms with E-state index in [-0.39, 0.29) is 22.2 Å². The number of nitrogens with one attached hydrogen (secondary N) is 1. The van der Waals surface area contributed by atoms with Crippen LogP contribution in [-0.4, -0.2) is 28.3 Å². The Kier molecular flexibility index (Phi) is 6.41. The van der Waals surface area contributed by atoms with Gasteiger partial charge in [-0.25, -0.2) is 13.8 Å². The highest BCUT2D eigenvalue weighted by molar-refractivity contribution is 7.99.